The molecule has 170 valence electrons. The zero-order valence-corrected chi connectivity index (χ0v) is 18.0. The maximum absolute atomic E-state index is 13.1. The molecule has 5 rings (SSSR count). The topological polar surface area (TPSA) is 142 Å². The van der Waals surface area contributed by atoms with E-state index in [9.17, 15) is 19.2 Å². The van der Waals surface area contributed by atoms with Crippen LogP contribution in [0.1, 0.15) is 12.5 Å². The van der Waals surface area contributed by atoms with E-state index >= 15 is 0 Å². The molecular formula is C23H19N7O4. The smallest absolute Gasteiger partial charge is 0.323 e. The second-order valence-electron chi connectivity index (χ2n) is 7.90. The highest BCUT2D eigenvalue weighted by atomic mass is 16.2. The van der Waals surface area contributed by atoms with Gasteiger partial charge in [-0.2, -0.15) is 5.10 Å². The zero-order valence-electron chi connectivity index (χ0n) is 18.0. The van der Waals surface area contributed by atoms with E-state index in [2.05, 4.69) is 25.7 Å². The predicted octanol–water partition coefficient (Wildman–Crippen LogP) is 1.51. The summed E-state index contributed by atoms with van der Waals surface area (Å²) in [5, 5.41) is 9.93. The molecule has 11 heteroatoms. The van der Waals surface area contributed by atoms with Gasteiger partial charge in [0.1, 0.15) is 17.5 Å². The van der Waals surface area contributed by atoms with Crippen molar-refractivity contribution in [2.75, 3.05) is 11.9 Å². The summed E-state index contributed by atoms with van der Waals surface area (Å²) in [5.41, 5.74) is 0.182. The molecule has 4 amide bonds. The van der Waals surface area contributed by atoms with E-state index in [1.165, 1.54) is 17.2 Å². The number of hydrogen-bond acceptors (Lipinski definition) is 6. The number of para-hydroxylation sites is 2. The molecule has 0 radical (unpaired) electrons. The second-order valence-corrected chi connectivity index (χ2v) is 7.90. The second kappa shape index (κ2) is 7.96. The summed E-state index contributed by atoms with van der Waals surface area (Å²) in [6.45, 7) is 1.13. The number of fused-ring (bicyclic) bond motifs is 1. The van der Waals surface area contributed by atoms with E-state index in [-0.39, 0.29) is 5.56 Å². The van der Waals surface area contributed by atoms with Crippen molar-refractivity contribution in [3.8, 4) is 5.69 Å². The summed E-state index contributed by atoms with van der Waals surface area (Å²) in [5.74, 6) is -1.09. The Morgan fingerprint density at radius 2 is 1.79 bits per heavy atom. The van der Waals surface area contributed by atoms with Crippen LogP contribution in [-0.4, -0.2) is 49.0 Å². The number of hydrogen-bond donors (Lipinski definition) is 3. The monoisotopic (exact) mass is 457 g/mol. The van der Waals surface area contributed by atoms with E-state index in [0.717, 1.165) is 4.90 Å². The minimum absolute atomic E-state index is 0.295. The van der Waals surface area contributed by atoms with Gasteiger partial charge in [0.2, 0.25) is 5.91 Å². The number of nitrogens with one attached hydrogen (secondary N) is 3. The van der Waals surface area contributed by atoms with E-state index in [1.54, 1.807) is 55.5 Å². The van der Waals surface area contributed by atoms with Crippen molar-refractivity contribution < 1.29 is 14.4 Å². The van der Waals surface area contributed by atoms with Crippen molar-refractivity contribution >= 4 is 34.6 Å². The number of benzene rings is 2. The molecule has 11 nitrogen and oxygen atoms in total. The molecule has 3 N–H and O–H groups in total. The van der Waals surface area contributed by atoms with Crippen LogP contribution in [0.3, 0.4) is 0 Å². The largest absolute Gasteiger partial charge is 0.325 e. The molecule has 0 bridgehead atoms. The van der Waals surface area contributed by atoms with Gasteiger partial charge in [-0.25, -0.2) is 14.5 Å². The maximum Gasteiger partial charge on any atom is 0.325 e. The Balaban J connectivity index is 1.39. The van der Waals surface area contributed by atoms with Crippen LogP contribution in [-0.2, 0) is 15.1 Å². The molecule has 2 aromatic carbocycles. The summed E-state index contributed by atoms with van der Waals surface area (Å²) < 4.78 is 1.43. The molecular weight excluding hydrogens is 438 g/mol. The summed E-state index contributed by atoms with van der Waals surface area (Å²) >= 11 is 0. The molecule has 0 aliphatic carbocycles. The number of aromatic nitrogens is 4. The van der Waals surface area contributed by atoms with Gasteiger partial charge in [0.15, 0.2) is 5.65 Å². The summed E-state index contributed by atoms with van der Waals surface area (Å²) in [4.78, 5) is 58.0. The van der Waals surface area contributed by atoms with Crippen molar-refractivity contribution in [2.45, 2.75) is 12.5 Å². The number of imide groups is 1. The fourth-order valence-electron chi connectivity index (χ4n) is 3.94. The lowest BCUT2D eigenvalue weighted by atomic mass is 9.92. The van der Waals surface area contributed by atoms with E-state index in [4.69, 9.17) is 0 Å². The number of urea groups is 1. The summed E-state index contributed by atoms with van der Waals surface area (Å²) in [6, 6.07) is 15.0. The van der Waals surface area contributed by atoms with Gasteiger partial charge >= 0.3 is 6.03 Å². The normalized spacial score (nSPS) is 17.7. The van der Waals surface area contributed by atoms with E-state index in [0.29, 0.717) is 28.0 Å². The third kappa shape index (κ3) is 3.39. The van der Waals surface area contributed by atoms with Crippen molar-refractivity contribution in [3.63, 3.8) is 0 Å². The number of aromatic amines is 1. The Labute approximate surface area is 192 Å². The van der Waals surface area contributed by atoms with Crippen LogP contribution in [0.25, 0.3) is 16.7 Å². The predicted molar refractivity (Wildman–Crippen MR) is 122 cm³/mol. The standard InChI is InChI=1S/C23H19N7O4/c1-23(14-7-3-2-4-8-14)21(33)29(22(34)28-23)12-18(31)27-16-9-5-6-10-17(16)30-19-15(11-26-30)20(32)25-13-24-19/h2-11,13H,12H2,1H3,(H,27,31)(H,28,34)(H,24,25,32). The fraction of sp³-hybridized carbons (Fsp3) is 0.130. The number of carbonyl (C=O) groups is 3. The summed E-state index contributed by atoms with van der Waals surface area (Å²) in [7, 11) is 0. The van der Waals surface area contributed by atoms with Crippen LogP contribution in [0, 0.1) is 0 Å². The Bertz CT molecular complexity index is 1490. The molecule has 1 aliphatic heterocycles. The highest BCUT2D eigenvalue weighted by molar-refractivity contribution is 6.10. The third-order valence-electron chi connectivity index (χ3n) is 5.71. The van der Waals surface area contributed by atoms with Crippen molar-refractivity contribution in [1.29, 1.82) is 0 Å². The van der Waals surface area contributed by atoms with E-state index < -0.39 is 29.9 Å². The number of amides is 4. The Morgan fingerprint density at radius 3 is 2.59 bits per heavy atom. The number of anilines is 1. The van der Waals surface area contributed by atoms with Crippen LogP contribution in [0.5, 0.6) is 0 Å². The SMILES string of the molecule is CC1(c2ccccc2)NC(=O)N(CC(=O)Nc2ccccc2-n2ncc3c(=O)[nH]cnc32)C1=O. The van der Waals surface area contributed by atoms with Crippen LogP contribution in [0.15, 0.2) is 71.9 Å². The first-order chi connectivity index (χ1) is 16.4. The van der Waals surface area contributed by atoms with Gasteiger partial charge in [-0.1, -0.05) is 42.5 Å². The minimum atomic E-state index is -1.26. The molecule has 34 heavy (non-hydrogen) atoms. The summed E-state index contributed by atoms with van der Waals surface area (Å²) in [6.07, 6.45) is 2.66. The van der Waals surface area contributed by atoms with Gasteiger partial charge in [-0.3, -0.25) is 19.3 Å². The number of rotatable bonds is 5. The van der Waals surface area contributed by atoms with Crippen LogP contribution in [0.4, 0.5) is 10.5 Å². The molecule has 0 saturated carbocycles. The first-order valence-electron chi connectivity index (χ1n) is 10.4. The molecule has 1 fully saturated rings. The molecule has 2 aromatic heterocycles. The molecule has 3 heterocycles. The lowest BCUT2D eigenvalue weighted by Crippen LogP contribution is -2.42. The lowest BCUT2D eigenvalue weighted by molar-refractivity contribution is -0.133. The molecule has 1 aliphatic rings. The molecule has 1 unspecified atom stereocenters. The fourth-order valence-corrected chi connectivity index (χ4v) is 3.94. The Hall–Kier alpha value is -4.80. The number of nitrogens with zero attached hydrogens (tertiary/aromatic N) is 4. The minimum Gasteiger partial charge on any atom is -0.323 e. The first-order valence-corrected chi connectivity index (χ1v) is 10.4. The van der Waals surface area contributed by atoms with Gasteiger partial charge in [-0.05, 0) is 24.6 Å². The van der Waals surface area contributed by atoms with Crippen molar-refractivity contribution in [3.05, 3.63) is 83.0 Å². The van der Waals surface area contributed by atoms with Crippen LogP contribution in [0.2, 0.25) is 0 Å². The Kier molecular flexibility index (Phi) is 4.93. The van der Waals surface area contributed by atoms with Gasteiger partial charge in [0.25, 0.3) is 11.5 Å². The molecule has 1 atom stereocenters. The third-order valence-corrected chi connectivity index (χ3v) is 5.71. The first kappa shape index (κ1) is 21.1. The number of H-pyrrole nitrogens is 1. The molecule has 1 saturated heterocycles. The lowest BCUT2D eigenvalue weighted by Gasteiger charge is -2.22. The number of carbonyl (C=O) groups excluding carboxylic acids is 3. The van der Waals surface area contributed by atoms with Gasteiger partial charge in [0.05, 0.1) is 23.9 Å². The molecule has 0 spiro atoms. The van der Waals surface area contributed by atoms with Gasteiger partial charge in [0, 0.05) is 0 Å². The average Bonchev–Trinajstić information content (AvgIpc) is 3.36. The van der Waals surface area contributed by atoms with Crippen LogP contribution < -0.4 is 16.2 Å². The zero-order chi connectivity index (χ0) is 23.9. The highest BCUT2D eigenvalue weighted by Gasteiger charge is 2.49. The van der Waals surface area contributed by atoms with Crippen molar-refractivity contribution in [2.24, 2.45) is 0 Å². The quantitative estimate of drug-likeness (QED) is 0.388. The molecule has 4 aromatic rings. The maximum atomic E-state index is 13.1. The highest BCUT2D eigenvalue weighted by Crippen LogP contribution is 2.29. The van der Waals surface area contributed by atoms with Crippen molar-refractivity contribution in [1.82, 2.24) is 30.0 Å². The Morgan fingerprint density at radius 1 is 1.06 bits per heavy atom. The van der Waals surface area contributed by atoms with E-state index in [1.807, 2.05) is 6.07 Å². The van der Waals surface area contributed by atoms with Gasteiger partial charge in [-0.15, -0.1) is 0 Å². The average molecular weight is 457 g/mol. The van der Waals surface area contributed by atoms with Crippen LogP contribution >= 0.6 is 0 Å². The van der Waals surface area contributed by atoms with Gasteiger partial charge < -0.3 is 15.6 Å².